The van der Waals surface area contributed by atoms with Crippen LogP contribution in [0.3, 0.4) is 0 Å². The van der Waals surface area contributed by atoms with Gasteiger partial charge in [0.1, 0.15) is 0 Å². The fraction of sp³-hybridized carbons (Fsp3) is 0.966. The number of carbonyl (C=O) groups excluding carboxylic acids is 1. The Balaban J connectivity index is 4.21. The van der Waals surface area contributed by atoms with Gasteiger partial charge in [0.15, 0.2) is 0 Å². The highest BCUT2D eigenvalue weighted by atomic mass is 16.3. The predicted octanol–water partition coefficient (Wildman–Crippen LogP) is 6.58. The lowest BCUT2D eigenvalue weighted by Crippen LogP contribution is -2.39. The molecule has 4 N–H and O–H groups in total. The van der Waals surface area contributed by atoms with Gasteiger partial charge in [-0.2, -0.15) is 0 Å². The zero-order chi connectivity index (χ0) is 25.4. The van der Waals surface area contributed by atoms with Crippen LogP contribution in [0.5, 0.6) is 0 Å². The lowest BCUT2D eigenvalue weighted by molar-refractivity contribution is -0.121. The first kappa shape index (κ1) is 33.4. The number of nitrogens with two attached hydrogens (primary N) is 1. The third-order valence-electron chi connectivity index (χ3n) is 7.08. The van der Waals surface area contributed by atoms with Gasteiger partial charge in [-0.05, 0) is 25.8 Å². The quantitative estimate of drug-likeness (QED) is 0.121. The summed E-state index contributed by atoms with van der Waals surface area (Å²) in [6, 6.07) is 0. The second-order valence-electron chi connectivity index (χ2n) is 10.7. The van der Waals surface area contributed by atoms with Crippen LogP contribution >= 0.6 is 0 Å². The van der Waals surface area contributed by atoms with Crippen molar-refractivity contribution in [3.05, 3.63) is 0 Å². The molecule has 0 aromatic heterocycles. The van der Waals surface area contributed by atoms with E-state index in [-0.39, 0.29) is 24.0 Å². The normalized spacial score (nSPS) is 14.4. The first-order valence-electron chi connectivity index (χ1n) is 14.8. The van der Waals surface area contributed by atoms with Gasteiger partial charge in [0, 0.05) is 19.0 Å². The van der Waals surface area contributed by atoms with Crippen LogP contribution in [-0.4, -0.2) is 52.9 Å². The number of hydrogen-bond donors (Lipinski definition) is 3. The van der Waals surface area contributed by atoms with Gasteiger partial charge in [0.05, 0.1) is 12.2 Å². The molecule has 0 aromatic rings. The molecular weight excluding hydrogens is 424 g/mol. The van der Waals surface area contributed by atoms with Gasteiger partial charge in [-0.3, -0.25) is 9.69 Å². The Morgan fingerprint density at radius 2 is 1.00 bits per heavy atom. The highest BCUT2D eigenvalue weighted by Crippen LogP contribution is 2.14. The van der Waals surface area contributed by atoms with Gasteiger partial charge in [0.2, 0.25) is 5.91 Å². The zero-order valence-corrected chi connectivity index (χ0v) is 23.1. The monoisotopic (exact) mass is 484 g/mol. The van der Waals surface area contributed by atoms with Crippen molar-refractivity contribution in [2.45, 2.75) is 155 Å². The van der Waals surface area contributed by atoms with Gasteiger partial charge in [-0.1, -0.05) is 124 Å². The van der Waals surface area contributed by atoms with Gasteiger partial charge in [-0.15, -0.1) is 0 Å². The van der Waals surface area contributed by atoms with Crippen molar-refractivity contribution in [2.24, 2.45) is 11.7 Å². The average Bonchev–Trinajstić information content (AvgIpc) is 2.80. The molecule has 0 heterocycles. The van der Waals surface area contributed by atoms with Crippen LogP contribution < -0.4 is 5.73 Å². The molecule has 3 unspecified atom stereocenters. The smallest absolute Gasteiger partial charge is 0.220 e. The standard InChI is InChI=1S/C29H60N2O3/c1-4-6-8-10-12-14-16-18-20-27(32)24-31(23-22-26(3)29(30)34)25-28(33)21-19-17-15-13-11-9-7-5-2/h26-28,32-33H,4-25H2,1-3H3,(H2,30,34). The number of unbranched alkanes of at least 4 members (excludes halogenated alkanes) is 14. The summed E-state index contributed by atoms with van der Waals surface area (Å²) in [4.78, 5) is 13.6. The molecule has 0 rings (SSSR count). The Morgan fingerprint density at radius 3 is 1.35 bits per heavy atom. The molecule has 5 heteroatoms. The highest BCUT2D eigenvalue weighted by molar-refractivity contribution is 5.76. The molecule has 0 aliphatic carbocycles. The topological polar surface area (TPSA) is 86.8 Å². The molecule has 0 spiro atoms. The van der Waals surface area contributed by atoms with Crippen molar-refractivity contribution < 1.29 is 15.0 Å². The third-order valence-corrected chi connectivity index (χ3v) is 7.08. The molecule has 0 saturated heterocycles. The summed E-state index contributed by atoms with van der Waals surface area (Å²) in [5.74, 6) is -0.462. The van der Waals surface area contributed by atoms with Crippen molar-refractivity contribution in [2.75, 3.05) is 19.6 Å². The highest BCUT2D eigenvalue weighted by Gasteiger charge is 2.18. The summed E-state index contributed by atoms with van der Waals surface area (Å²) in [5.41, 5.74) is 5.43. The van der Waals surface area contributed by atoms with Crippen LogP contribution in [-0.2, 0) is 4.79 Å². The number of amides is 1. The van der Waals surface area contributed by atoms with E-state index in [4.69, 9.17) is 5.73 Å². The minimum atomic E-state index is -0.376. The van der Waals surface area contributed by atoms with E-state index in [1.54, 1.807) is 0 Å². The van der Waals surface area contributed by atoms with E-state index in [1.165, 1.54) is 89.9 Å². The summed E-state index contributed by atoms with van der Waals surface area (Å²) in [5, 5.41) is 21.2. The Hall–Kier alpha value is -0.650. The number of hydrogen-bond acceptors (Lipinski definition) is 4. The largest absolute Gasteiger partial charge is 0.392 e. The number of rotatable bonds is 26. The van der Waals surface area contributed by atoms with Crippen LogP contribution in [0.25, 0.3) is 0 Å². The lowest BCUT2D eigenvalue weighted by atomic mass is 10.0. The van der Waals surface area contributed by atoms with Crippen LogP contribution in [0.2, 0.25) is 0 Å². The second kappa shape index (κ2) is 24.1. The molecule has 0 bridgehead atoms. The molecule has 34 heavy (non-hydrogen) atoms. The molecular formula is C29H60N2O3. The molecule has 5 nitrogen and oxygen atoms in total. The van der Waals surface area contributed by atoms with Crippen molar-refractivity contribution >= 4 is 5.91 Å². The van der Waals surface area contributed by atoms with Gasteiger partial charge >= 0.3 is 0 Å². The Morgan fingerprint density at radius 1 is 0.647 bits per heavy atom. The number of nitrogens with zero attached hydrogens (tertiary/aromatic N) is 1. The number of primary amides is 1. The van der Waals surface area contributed by atoms with E-state index in [0.29, 0.717) is 26.1 Å². The maximum absolute atomic E-state index is 11.4. The van der Waals surface area contributed by atoms with Crippen LogP contribution in [0, 0.1) is 5.92 Å². The molecule has 0 radical (unpaired) electrons. The average molecular weight is 485 g/mol. The molecule has 0 aromatic carbocycles. The first-order chi connectivity index (χ1) is 16.4. The van der Waals surface area contributed by atoms with E-state index in [0.717, 1.165) is 25.7 Å². The van der Waals surface area contributed by atoms with Crippen molar-refractivity contribution in [3.8, 4) is 0 Å². The predicted molar refractivity (Wildman–Crippen MR) is 146 cm³/mol. The fourth-order valence-corrected chi connectivity index (χ4v) is 4.58. The summed E-state index contributed by atoms with van der Waals surface area (Å²) in [6.07, 6.45) is 21.8. The van der Waals surface area contributed by atoms with Gasteiger partial charge in [-0.25, -0.2) is 0 Å². The minimum Gasteiger partial charge on any atom is -0.392 e. The zero-order valence-electron chi connectivity index (χ0n) is 23.1. The van der Waals surface area contributed by atoms with Gasteiger partial charge in [0.25, 0.3) is 0 Å². The van der Waals surface area contributed by atoms with E-state index in [9.17, 15) is 15.0 Å². The Bertz CT molecular complexity index is 419. The maximum atomic E-state index is 11.4. The third kappa shape index (κ3) is 21.9. The first-order valence-corrected chi connectivity index (χ1v) is 14.8. The van der Waals surface area contributed by atoms with Crippen LogP contribution in [0.15, 0.2) is 0 Å². The molecule has 1 amide bonds. The molecule has 0 saturated carbocycles. The summed E-state index contributed by atoms with van der Waals surface area (Å²) < 4.78 is 0. The van der Waals surface area contributed by atoms with Crippen molar-refractivity contribution in [3.63, 3.8) is 0 Å². The Kier molecular flexibility index (Phi) is 23.6. The van der Waals surface area contributed by atoms with Crippen molar-refractivity contribution in [1.82, 2.24) is 4.90 Å². The minimum absolute atomic E-state index is 0.183. The van der Waals surface area contributed by atoms with E-state index >= 15 is 0 Å². The SMILES string of the molecule is CCCCCCCCCCC(O)CN(CCC(C)C(N)=O)CC(O)CCCCCCCCCC. The van der Waals surface area contributed by atoms with Crippen LogP contribution in [0.4, 0.5) is 0 Å². The number of aliphatic hydroxyl groups excluding tert-OH is 2. The Labute approximate surface area is 212 Å². The lowest BCUT2D eigenvalue weighted by Gasteiger charge is -2.28. The van der Waals surface area contributed by atoms with Crippen molar-refractivity contribution in [1.29, 1.82) is 0 Å². The molecule has 0 aliphatic heterocycles. The maximum Gasteiger partial charge on any atom is 0.220 e. The summed E-state index contributed by atoms with van der Waals surface area (Å²) >= 11 is 0. The van der Waals surface area contributed by atoms with E-state index in [1.807, 2.05) is 6.92 Å². The van der Waals surface area contributed by atoms with E-state index < -0.39 is 0 Å². The molecule has 3 atom stereocenters. The van der Waals surface area contributed by atoms with Crippen LogP contribution in [0.1, 0.15) is 143 Å². The fourth-order valence-electron chi connectivity index (χ4n) is 4.58. The molecule has 0 fully saturated rings. The number of carbonyl (C=O) groups is 1. The summed E-state index contributed by atoms with van der Waals surface area (Å²) in [6.45, 7) is 8.16. The molecule has 0 aliphatic rings. The van der Waals surface area contributed by atoms with Gasteiger partial charge < -0.3 is 15.9 Å². The second-order valence-corrected chi connectivity index (χ2v) is 10.7. The number of aliphatic hydroxyl groups is 2. The molecule has 204 valence electrons. The van der Waals surface area contributed by atoms with E-state index in [2.05, 4.69) is 18.7 Å². The summed E-state index contributed by atoms with van der Waals surface area (Å²) in [7, 11) is 0.